The number of nitrogens with zero attached hydrogens (tertiary/aromatic N) is 3. The summed E-state index contributed by atoms with van der Waals surface area (Å²) >= 11 is 0. The van der Waals surface area contributed by atoms with E-state index in [1.54, 1.807) is 6.07 Å². The van der Waals surface area contributed by atoms with Crippen LogP contribution in [0.25, 0.3) is 89.8 Å². The second-order valence-corrected chi connectivity index (χ2v) is 13.3. The zero-order valence-electron chi connectivity index (χ0n) is 39.3. The molecule has 0 N–H and O–H groups in total. The number of fused-ring (bicyclic) bond motifs is 3. The molecular formula is C52H35N3. The van der Waals surface area contributed by atoms with E-state index < -0.39 is 60.4 Å². The van der Waals surface area contributed by atoms with E-state index in [1.165, 1.54) is 11.1 Å². The fourth-order valence-corrected chi connectivity index (χ4v) is 7.41. The van der Waals surface area contributed by atoms with Gasteiger partial charge in [0.2, 0.25) is 0 Å². The maximum Gasteiger partial charge on any atom is 0.164 e. The van der Waals surface area contributed by atoms with E-state index in [0.29, 0.717) is 12.0 Å². The van der Waals surface area contributed by atoms with Crippen LogP contribution in [0.1, 0.15) is 24.8 Å². The van der Waals surface area contributed by atoms with Gasteiger partial charge in [0.05, 0.1) is 13.7 Å². The van der Waals surface area contributed by atoms with E-state index in [0.717, 1.165) is 55.6 Å². The normalized spacial score (nSPS) is 14.1. The van der Waals surface area contributed by atoms with Crippen molar-refractivity contribution in [2.75, 3.05) is 0 Å². The molecule has 1 heterocycles. The van der Waals surface area contributed by atoms with Crippen molar-refractivity contribution in [1.82, 2.24) is 15.0 Å². The Morgan fingerprint density at radius 2 is 0.709 bits per heavy atom. The van der Waals surface area contributed by atoms with Crippen LogP contribution in [0.5, 0.6) is 0 Å². The number of benzene rings is 8. The molecule has 1 aliphatic carbocycles. The van der Waals surface area contributed by atoms with Crippen LogP contribution in [0.4, 0.5) is 0 Å². The zero-order valence-corrected chi connectivity index (χ0v) is 29.3. The van der Waals surface area contributed by atoms with Gasteiger partial charge in [-0.3, -0.25) is 0 Å². The fourth-order valence-electron chi connectivity index (χ4n) is 7.41. The first kappa shape index (κ1) is 23.4. The molecule has 55 heavy (non-hydrogen) atoms. The van der Waals surface area contributed by atoms with Crippen molar-refractivity contribution in [2.24, 2.45) is 0 Å². The van der Waals surface area contributed by atoms with Crippen LogP contribution in [0, 0.1) is 0 Å². The third-order valence-electron chi connectivity index (χ3n) is 10.0. The third kappa shape index (κ3) is 6.22. The van der Waals surface area contributed by atoms with E-state index in [-0.39, 0.29) is 28.6 Å². The highest BCUT2D eigenvalue weighted by Gasteiger charge is 2.25. The molecule has 0 bridgehead atoms. The van der Waals surface area contributed by atoms with Crippen LogP contribution >= 0.6 is 0 Å². The summed E-state index contributed by atoms with van der Waals surface area (Å²) in [5.41, 5.74) is 13.1. The first-order chi connectivity index (χ1) is 31.4. The van der Waals surface area contributed by atoms with Crippen LogP contribution in [0.15, 0.2) is 200 Å². The second kappa shape index (κ2) is 14.0. The van der Waals surface area contributed by atoms with Gasteiger partial charge in [-0.2, -0.15) is 0 Å². The predicted octanol–water partition coefficient (Wildman–Crippen LogP) is 13.1. The molecule has 0 atom stereocenters. The van der Waals surface area contributed by atoms with Gasteiger partial charge in [0.15, 0.2) is 17.5 Å². The molecule has 10 rings (SSSR count). The van der Waals surface area contributed by atoms with Crippen molar-refractivity contribution >= 4 is 0 Å². The Labute approximate surface area is 335 Å². The van der Waals surface area contributed by atoms with Crippen molar-refractivity contribution in [3.63, 3.8) is 0 Å². The molecule has 8 aromatic carbocycles. The molecule has 0 saturated heterocycles. The summed E-state index contributed by atoms with van der Waals surface area (Å²) in [5, 5.41) is 0. The monoisotopic (exact) mass is 711 g/mol. The lowest BCUT2D eigenvalue weighted by atomic mass is 9.93. The Morgan fingerprint density at radius 1 is 0.309 bits per heavy atom. The SMILES string of the molecule is [2H]c1c([2H])c([2H])c(-c2nc(-c3cccc(-c4cccc5c4Cc4c(-c6ccc(-c7cccc(-c8ccccc8)c7)cc6)cccc4-5)c3)nc(-c3c([2H])c([2H])c([2H])c([2H])c3[2H])n2)c([2H])c1[2H]. The van der Waals surface area contributed by atoms with E-state index in [1.807, 2.05) is 42.5 Å². The predicted molar refractivity (Wildman–Crippen MR) is 226 cm³/mol. The van der Waals surface area contributed by atoms with Gasteiger partial charge >= 0.3 is 0 Å². The quantitative estimate of drug-likeness (QED) is 0.165. The van der Waals surface area contributed by atoms with Gasteiger partial charge in [-0.15, -0.1) is 0 Å². The lowest BCUT2D eigenvalue weighted by Gasteiger charge is -2.12. The minimum Gasteiger partial charge on any atom is -0.208 e. The van der Waals surface area contributed by atoms with Gasteiger partial charge in [-0.1, -0.05) is 188 Å². The number of rotatable bonds is 7. The maximum absolute atomic E-state index is 8.69. The average Bonchev–Trinajstić information content (AvgIpc) is 3.74. The Balaban J connectivity index is 1.04. The molecule has 0 fully saturated rings. The largest absolute Gasteiger partial charge is 0.208 e. The minimum absolute atomic E-state index is 0.0128. The smallest absolute Gasteiger partial charge is 0.164 e. The average molecular weight is 712 g/mol. The van der Waals surface area contributed by atoms with E-state index >= 15 is 0 Å². The van der Waals surface area contributed by atoms with Crippen molar-refractivity contribution in [3.05, 3.63) is 211 Å². The Kier molecular flexibility index (Phi) is 5.95. The highest BCUT2D eigenvalue weighted by Crippen LogP contribution is 2.45. The van der Waals surface area contributed by atoms with Crippen LogP contribution < -0.4 is 0 Å². The fraction of sp³-hybridized carbons (Fsp3) is 0.0192. The first-order valence-corrected chi connectivity index (χ1v) is 17.9. The Bertz CT molecular complexity index is 3270. The van der Waals surface area contributed by atoms with Crippen molar-refractivity contribution < 1.29 is 13.7 Å². The molecule has 0 saturated carbocycles. The lowest BCUT2D eigenvalue weighted by Crippen LogP contribution is -2.00. The number of aromatic nitrogens is 3. The number of hydrogen-bond acceptors (Lipinski definition) is 3. The summed E-state index contributed by atoms with van der Waals surface area (Å²) in [6.07, 6.45) is 0.674. The van der Waals surface area contributed by atoms with Crippen molar-refractivity contribution in [2.45, 2.75) is 6.42 Å². The summed E-state index contributed by atoms with van der Waals surface area (Å²) in [7, 11) is 0. The molecule has 0 radical (unpaired) electrons. The molecule has 0 aliphatic heterocycles. The molecule has 0 amide bonds. The van der Waals surface area contributed by atoms with Gasteiger partial charge in [0.25, 0.3) is 0 Å². The Morgan fingerprint density at radius 3 is 1.29 bits per heavy atom. The second-order valence-electron chi connectivity index (χ2n) is 13.3. The van der Waals surface area contributed by atoms with E-state index in [2.05, 4.69) is 106 Å². The van der Waals surface area contributed by atoms with Gasteiger partial charge in [-0.25, -0.2) is 15.0 Å². The van der Waals surface area contributed by atoms with Crippen LogP contribution in [-0.2, 0) is 6.42 Å². The minimum atomic E-state index is -0.599. The summed E-state index contributed by atoms with van der Waals surface area (Å²) in [4.78, 5) is 13.7. The highest BCUT2D eigenvalue weighted by molar-refractivity contribution is 5.90. The molecule has 0 unspecified atom stereocenters. The van der Waals surface area contributed by atoms with Crippen LogP contribution in [0.3, 0.4) is 0 Å². The standard InChI is InChI=1S/C52H35N3/c1-4-14-35(15-5-1)40-20-10-21-41(32-40)36-28-30-37(31-29-36)44-24-12-26-46-47-27-13-25-45(49(47)34-48(44)46)42-22-11-23-43(33-42)52-54-50(38-16-6-2-7-17-38)53-51(55-52)39-18-8-3-9-19-39/h1-33H,34H2/i2D,3D,6D,7D,8D,9D,16D,17D,18D,19D. The van der Waals surface area contributed by atoms with E-state index in [9.17, 15) is 0 Å². The molecule has 1 aliphatic rings. The lowest BCUT2D eigenvalue weighted by molar-refractivity contribution is 1.07. The molecular weight excluding hydrogens is 667 g/mol. The summed E-state index contributed by atoms with van der Waals surface area (Å²) in [5.74, 6) is -0.605. The first-order valence-electron chi connectivity index (χ1n) is 22.9. The molecule has 1 aromatic heterocycles. The molecule has 258 valence electrons. The van der Waals surface area contributed by atoms with E-state index in [4.69, 9.17) is 13.7 Å². The van der Waals surface area contributed by atoms with Gasteiger partial charge in [0.1, 0.15) is 0 Å². The molecule has 3 nitrogen and oxygen atoms in total. The summed E-state index contributed by atoms with van der Waals surface area (Å²) in [6, 6.07) is 41.9. The van der Waals surface area contributed by atoms with Gasteiger partial charge in [0, 0.05) is 16.7 Å². The van der Waals surface area contributed by atoms with Crippen molar-refractivity contribution in [3.8, 4) is 89.8 Å². The number of hydrogen-bond donors (Lipinski definition) is 0. The third-order valence-corrected chi connectivity index (χ3v) is 10.0. The summed E-state index contributed by atoms with van der Waals surface area (Å²) < 4.78 is 84.4. The summed E-state index contributed by atoms with van der Waals surface area (Å²) in [6.45, 7) is 0. The van der Waals surface area contributed by atoms with Gasteiger partial charge < -0.3 is 0 Å². The Hall–Kier alpha value is -7.23. The molecule has 0 spiro atoms. The van der Waals surface area contributed by atoms with Crippen LogP contribution in [-0.4, -0.2) is 15.0 Å². The maximum atomic E-state index is 8.69. The molecule has 3 heteroatoms. The highest BCUT2D eigenvalue weighted by atomic mass is 15.0. The topological polar surface area (TPSA) is 38.7 Å². The van der Waals surface area contributed by atoms with Crippen molar-refractivity contribution in [1.29, 1.82) is 0 Å². The van der Waals surface area contributed by atoms with Crippen LogP contribution in [0.2, 0.25) is 0 Å². The zero-order chi connectivity index (χ0) is 45.3. The van der Waals surface area contributed by atoms with Gasteiger partial charge in [-0.05, 0) is 85.3 Å². The molecule has 9 aromatic rings.